The van der Waals surface area contributed by atoms with Gasteiger partial charge in [-0.2, -0.15) is 0 Å². The second-order valence-electron chi connectivity index (χ2n) is 5.64. The molecule has 0 heterocycles. The highest BCUT2D eigenvalue weighted by atomic mass is 28.4. The van der Waals surface area contributed by atoms with E-state index in [4.69, 9.17) is 0 Å². The lowest BCUT2D eigenvalue weighted by Crippen LogP contribution is -2.72. The Balaban J connectivity index is 2.68. The van der Waals surface area contributed by atoms with Crippen molar-refractivity contribution >= 4 is 27.6 Å². The first-order chi connectivity index (χ1) is 10.2. The van der Waals surface area contributed by atoms with Gasteiger partial charge >= 0.3 is 0 Å². The monoisotopic (exact) mass is 312 g/mol. The Hall–Kier alpha value is -1.17. The molecule has 0 fully saturated rings. The fourth-order valence-corrected chi connectivity index (χ4v) is 12.6. The summed E-state index contributed by atoms with van der Waals surface area (Å²) in [5, 5.41) is 3.10. The van der Waals surface area contributed by atoms with Crippen LogP contribution in [0.2, 0.25) is 19.1 Å². The van der Waals surface area contributed by atoms with Gasteiger partial charge in [-0.15, -0.1) is 0 Å². The molecule has 0 saturated carbocycles. The van der Waals surface area contributed by atoms with E-state index in [1.54, 1.807) is 10.4 Å². The van der Waals surface area contributed by atoms with Crippen LogP contribution in [-0.4, -0.2) is 28.0 Å². The molecule has 21 heavy (non-hydrogen) atoms. The number of rotatable bonds is 6. The molecular weight excluding hydrogens is 286 g/mol. The molecule has 3 heteroatoms. The van der Waals surface area contributed by atoms with E-state index >= 15 is 0 Å². The molecule has 0 N–H and O–H groups in total. The summed E-state index contributed by atoms with van der Waals surface area (Å²) in [6.07, 6.45) is 0. The highest BCUT2D eigenvalue weighted by Crippen LogP contribution is 2.18. The topological polar surface area (TPSA) is 3.24 Å². The highest BCUT2D eigenvalue weighted by Gasteiger charge is 2.42. The zero-order valence-corrected chi connectivity index (χ0v) is 15.6. The maximum Gasteiger partial charge on any atom is 0.185 e. The molecule has 2 aromatic rings. The van der Waals surface area contributed by atoms with Gasteiger partial charge in [0.1, 0.15) is 8.96 Å². The first-order valence-electron chi connectivity index (χ1n) is 7.85. The van der Waals surface area contributed by atoms with Crippen molar-refractivity contribution in [2.24, 2.45) is 0 Å². The second kappa shape index (κ2) is 7.20. The smallest absolute Gasteiger partial charge is 0.185 e. The van der Waals surface area contributed by atoms with Crippen molar-refractivity contribution < 1.29 is 0 Å². The second-order valence-corrected chi connectivity index (χ2v) is 12.6. The van der Waals surface area contributed by atoms with Crippen molar-refractivity contribution in [3.63, 3.8) is 0 Å². The van der Waals surface area contributed by atoms with Gasteiger partial charge in [0.25, 0.3) is 0 Å². The van der Waals surface area contributed by atoms with Gasteiger partial charge < -0.3 is 4.23 Å². The maximum absolute atomic E-state index is 2.85. The summed E-state index contributed by atoms with van der Waals surface area (Å²) in [6, 6.07) is 23.6. The molecule has 0 atom stereocenters. The van der Waals surface area contributed by atoms with Crippen molar-refractivity contribution in [1.29, 1.82) is 0 Å². The minimum Gasteiger partial charge on any atom is -0.340 e. The molecule has 0 saturated heterocycles. The minimum absolute atomic E-state index is 0.491. The summed E-state index contributed by atoms with van der Waals surface area (Å²) in [7, 11) is -2.33. The Labute approximate surface area is 132 Å². The molecular formula is C18H26NSi2. The average molecular weight is 313 g/mol. The van der Waals surface area contributed by atoms with Crippen LogP contribution in [0.25, 0.3) is 0 Å². The van der Waals surface area contributed by atoms with Crippen molar-refractivity contribution in [3.05, 3.63) is 60.7 Å². The van der Waals surface area contributed by atoms with Gasteiger partial charge in [0, 0.05) is 0 Å². The summed E-state index contributed by atoms with van der Waals surface area (Å²) < 4.78 is 2.85. The molecule has 0 spiro atoms. The Kier molecular flexibility index (Phi) is 5.56. The van der Waals surface area contributed by atoms with Crippen molar-refractivity contribution in [2.75, 3.05) is 6.54 Å². The van der Waals surface area contributed by atoms with Crippen molar-refractivity contribution in [2.45, 2.75) is 33.0 Å². The van der Waals surface area contributed by atoms with E-state index in [9.17, 15) is 0 Å². The van der Waals surface area contributed by atoms with E-state index in [1.807, 2.05) is 0 Å². The van der Waals surface area contributed by atoms with E-state index in [-0.39, 0.29) is 0 Å². The normalized spacial score (nSPS) is 12.1. The van der Waals surface area contributed by atoms with Crippen LogP contribution in [0, 0.1) is 0 Å². The Morgan fingerprint density at radius 3 is 1.52 bits per heavy atom. The van der Waals surface area contributed by atoms with E-state index in [1.165, 1.54) is 6.04 Å². The molecule has 0 bridgehead atoms. The summed E-state index contributed by atoms with van der Waals surface area (Å²) in [4.78, 5) is 0. The molecule has 1 nitrogen and oxygen atoms in total. The van der Waals surface area contributed by atoms with Crippen LogP contribution in [-0.2, 0) is 0 Å². The zero-order chi connectivity index (χ0) is 15.3. The lowest BCUT2D eigenvalue weighted by Gasteiger charge is -2.44. The maximum atomic E-state index is 2.85. The van der Waals surface area contributed by atoms with Crippen LogP contribution >= 0.6 is 0 Å². The fraction of sp³-hybridized carbons (Fsp3) is 0.333. The van der Waals surface area contributed by atoms with Crippen LogP contribution in [0.4, 0.5) is 0 Å². The van der Waals surface area contributed by atoms with Crippen LogP contribution in [0.1, 0.15) is 13.8 Å². The summed E-state index contributed by atoms with van der Waals surface area (Å²) in [5.41, 5.74) is 0. The molecule has 2 rings (SSSR count). The summed E-state index contributed by atoms with van der Waals surface area (Å²) >= 11 is 0. The third kappa shape index (κ3) is 3.05. The minimum atomic E-state index is -1.84. The quantitative estimate of drug-likeness (QED) is 0.740. The Morgan fingerprint density at radius 1 is 0.810 bits per heavy atom. The molecule has 2 aromatic carbocycles. The van der Waals surface area contributed by atoms with E-state index in [0.29, 0.717) is 0 Å². The van der Waals surface area contributed by atoms with Gasteiger partial charge in [-0.3, -0.25) is 0 Å². The van der Waals surface area contributed by atoms with Gasteiger partial charge in [0.2, 0.25) is 0 Å². The van der Waals surface area contributed by atoms with Gasteiger partial charge in [-0.05, 0) is 23.0 Å². The number of benzene rings is 2. The van der Waals surface area contributed by atoms with Gasteiger partial charge in [-0.1, -0.05) is 87.6 Å². The first kappa shape index (κ1) is 16.2. The fourth-order valence-electron chi connectivity index (χ4n) is 3.47. The van der Waals surface area contributed by atoms with Gasteiger partial charge in [-0.25, -0.2) is 0 Å². The molecule has 0 aromatic heterocycles. The molecule has 0 unspecified atom stereocenters. The summed E-state index contributed by atoms with van der Waals surface area (Å²) in [6.45, 7) is 10.7. The molecule has 1 radical (unpaired) electrons. The Morgan fingerprint density at radius 2 is 1.24 bits per heavy atom. The van der Waals surface area contributed by atoms with Crippen LogP contribution < -0.4 is 10.4 Å². The predicted octanol–water partition coefficient (Wildman–Crippen LogP) is 3.34. The van der Waals surface area contributed by atoms with Crippen molar-refractivity contribution in [1.82, 2.24) is 4.23 Å². The van der Waals surface area contributed by atoms with E-state index in [2.05, 4.69) is 91.8 Å². The number of hydrogen-bond acceptors (Lipinski definition) is 1. The SMILES string of the molecule is CCN([Si](C)C)[Si](CC)(c1ccccc1)c1ccccc1. The first-order valence-corrected chi connectivity index (χ1v) is 12.5. The Bertz CT molecular complexity index is 500. The number of nitrogens with zero attached hydrogens (tertiary/aromatic N) is 1. The molecule has 0 aliphatic rings. The van der Waals surface area contributed by atoms with Gasteiger partial charge in [0.05, 0.1) is 0 Å². The lowest BCUT2D eigenvalue weighted by molar-refractivity contribution is 0.673. The highest BCUT2D eigenvalue weighted by molar-refractivity contribution is 7.04. The predicted molar refractivity (Wildman–Crippen MR) is 98.2 cm³/mol. The van der Waals surface area contributed by atoms with E-state index in [0.717, 1.165) is 6.54 Å². The van der Waals surface area contributed by atoms with Crippen LogP contribution in [0.5, 0.6) is 0 Å². The molecule has 111 valence electrons. The average Bonchev–Trinajstić information content (AvgIpc) is 2.54. The lowest BCUT2D eigenvalue weighted by atomic mass is 10.4. The summed E-state index contributed by atoms with van der Waals surface area (Å²) in [5.74, 6) is 0. The molecule has 0 amide bonds. The third-order valence-corrected chi connectivity index (χ3v) is 13.1. The zero-order valence-electron chi connectivity index (χ0n) is 13.6. The van der Waals surface area contributed by atoms with Crippen LogP contribution in [0.15, 0.2) is 60.7 Å². The third-order valence-electron chi connectivity index (χ3n) is 4.33. The van der Waals surface area contributed by atoms with Gasteiger partial charge in [0.15, 0.2) is 8.24 Å². The standard InChI is InChI=1S/C18H26NSi2/c1-5-19(20(3)4)21(6-2,17-13-9-7-10-14-17)18-15-11-8-12-16-18/h7-16H,5-6H2,1-4H3. The number of hydrogen-bond donors (Lipinski definition) is 0. The van der Waals surface area contributed by atoms with E-state index < -0.39 is 17.2 Å². The molecule has 0 aliphatic carbocycles. The van der Waals surface area contributed by atoms with Crippen molar-refractivity contribution in [3.8, 4) is 0 Å². The molecule has 0 aliphatic heterocycles. The largest absolute Gasteiger partial charge is 0.340 e. The van der Waals surface area contributed by atoms with Crippen LogP contribution in [0.3, 0.4) is 0 Å².